The molecule has 0 aliphatic heterocycles. The van der Waals surface area contributed by atoms with Gasteiger partial charge in [0.15, 0.2) is 11.5 Å². The quantitative estimate of drug-likeness (QED) is 0.479. The molecular formula is C19H27NO5. The van der Waals surface area contributed by atoms with Gasteiger partial charge in [0.1, 0.15) is 0 Å². The lowest BCUT2D eigenvalue weighted by molar-refractivity contribution is -0.146. The Kier molecular flexibility index (Phi) is 8.53. The second-order valence-corrected chi connectivity index (χ2v) is 5.70. The average Bonchev–Trinajstić information content (AvgIpc) is 2.64. The summed E-state index contributed by atoms with van der Waals surface area (Å²) in [6, 6.07) is 5.59. The minimum atomic E-state index is -0.380. The number of amides is 1. The largest absolute Gasteiger partial charge is 0.493 e. The molecule has 0 bridgehead atoms. The fourth-order valence-corrected chi connectivity index (χ4v) is 2.49. The number of hydrogen-bond acceptors (Lipinski definition) is 5. The second-order valence-electron chi connectivity index (χ2n) is 5.70. The summed E-state index contributed by atoms with van der Waals surface area (Å²) >= 11 is 0. The van der Waals surface area contributed by atoms with Gasteiger partial charge in [-0.15, -0.1) is 6.58 Å². The first kappa shape index (κ1) is 20.5. The zero-order valence-corrected chi connectivity index (χ0v) is 15.4. The zero-order chi connectivity index (χ0) is 18.8. The molecular weight excluding hydrogens is 322 g/mol. The summed E-state index contributed by atoms with van der Waals surface area (Å²) < 4.78 is 15.2. The average molecular weight is 349 g/mol. The predicted octanol–water partition coefficient (Wildman–Crippen LogP) is 2.46. The minimum absolute atomic E-state index is 0.0366. The van der Waals surface area contributed by atoms with Gasteiger partial charge < -0.3 is 19.1 Å². The summed E-state index contributed by atoms with van der Waals surface area (Å²) in [4.78, 5) is 25.7. The summed E-state index contributed by atoms with van der Waals surface area (Å²) in [7, 11) is 4.50. The standard InChI is InChI=1S/C19H27NO5/c1-6-11-20(13-14(2)19(22)25-5)18(21)10-8-15-7-9-16(23-3)17(12-15)24-4/h6-7,9,12,14H,1,8,10-11,13H2,2-5H3. The van der Waals surface area contributed by atoms with E-state index in [0.29, 0.717) is 37.4 Å². The van der Waals surface area contributed by atoms with E-state index in [0.717, 1.165) is 5.56 Å². The molecule has 1 aromatic carbocycles. The van der Waals surface area contributed by atoms with Crippen molar-refractivity contribution >= 4 is 11.9 Å². The number of nitrogens with zero attached hydrogens (tertiary/aromatic N) is 1. The van der Waals surface area contributed by atoms with Gasteiger partial charge in [-0.1, -0.05) is 19.1 Å². The summed E-state index contributed by atoms with van der Waals surface area (Å²) in [5, 5.41) is 0. The second kappa shape index (κ2) is 10.4. The lowest BCUT2D eigenvalue weighted by Gasteiger charge is -2.24. The van der Waals surface area contributed by atoms with Crippen LogP contribution in [-0.4, -0.2) is 51.2 Å². The number of aryl methyl sites for hydroxylation is 1. The van der Waals surface area contributed by atoms with Gasteiger partial charge in [-0.25, -0.2) is 0 Å². The maximum Gasteiger partial charge on any atom is 0.310 e. The maximum atomic E-state index is 12.5. The number of carbonyl (C=O) groups is 2. The zero-order valence-electron chi connectivity index (χ0n) is 15.4. The number of carbonyl (C=O) groups excluding carboxylic acids is 2. The van der Waals surface area contributed by atoms with Gasteiger partial charge in [-0.3, -0.25) is 9.59 Å². The summed E-state index contributed by atoms with van der Waals surface area (Å²) in [5.74, 6) is 0.537. The molecule has 0 saturated heterocycles. The number of rotatable bonds is 10. The smallest absolute Gasteiger partial charge is 0.310 e. The van der Waals surface area contributed by atoms with Crippen LogP contribution >= 0.6 is 0 Å². The van der Waals surface area contributed by atoms with Gasteiger partial charge in [-0.05, 0) is 24.1 Å². The van der Waals surface area contributed by atoms with Crippen LogP contribution in [0.3, 0.4) is 0 Å². The first-order valence-electron chi connectivity index (χ1n) is 8.14. The van der Waals surface area contributed by atoms with Crippen LogP contribution in [0.25, 0.3) is 0 Å². The molecule has 6 nitrogen and oxygen atoms in total. The van der Waals surface area contributed by atoms with E-state index >= 15 is 0 Å². The Morgan fingerprint density at radius 1 is 1.20 bits per heavy atom. The van der Waals surface area contributed by atoms with Crippen LogP contribution in [0.1, 0.15) is 18.9 Å². The molecule has 0 saturated carbocycles. The van der Waals surface area contributed by atoms with Crippen LogP contribution < -0.4 is 9.47 Å². The molecule has 1 amide bonds. The molecule has 138 valence electrons. The Labute approximate surface area is 149 Å². The molecule has 0 radical (unpaired) electrons. The van der Waals surface area contributed by atoms with Gasteiger partial charge in [0.25, 0.3) is 0 Å². The molecule has 0 aromatic heterocycles. The Morgan fingerprint density at radius 3 is 2.44 bits per heavy atom. The first-order valence-corrected chi connectivity index (χ1v) is 8.14. The van der Waals surface area contributed by atoms with Crippen LogP contribution in [0.2, 0.25) is 0 Å². The molecule has 0 N–H and O–H groups in total. The van der Waals surface area contributed by atoms with E-state index < -0.39 is 0 Å². The number of ether oxygens (including phenoxy) is 3. The molecule has 0 aliphatic carbocycles. The molecule has 25 heavy (non-hydrogen) atoms. The van der Waals surface area contributed by atoms with Crippen molar-refractivity contribution in [1.82, 2.24) is 4.90 Å². The summed E-state index contributed by atoms with van der Waals surface area (Å²) in [6.45, 7) is 6.12. The van der Waals surface area contributed by atoms with Crippen molar-refractivity contribution in [2.75, 3.05) is 34.4 Å². The molecule has 0 heterocycles. The lowest BCUT2D eigenvalue weighted by Crippen LogP contribution is -2.37. The summed E-state index contributed by atoms with van der Waals surface area (Å²) in [5.41, 5.74) is 0.977. The molecule has 1 atom stereocenters. The highest BCUT2D eigenvalue weighted by Gasteiger charge is 2.20. The fraction of sp³-hybridized carbons (Fsp3) is 0.474. The van der Waals surface area contributed by atoms with E-state index in [-0.39, 0.29) is 17.8 Å². The highest BCUT2D eigenvalue weighted by molar-refractivity contribution is 5.78. The van der Waals surface area contributed by atoms with E-state index in [1.54, 1.807) is 32.1 Å². The SMILES string of the molecule is C=CCN(CC(C)C(=O)OC)C(=O)CCc1ccc(OC)c(OC)c1. The third-order valence-electron chi connectivity index (χ3n) is 3.88. The predicted molar refractivity (Wildman–Crippen MR) is 95.8 cm³/mol. The maximum absolute atomic E-state index is 12.5. The molecule has 6 heteroatoms. The molecule has 0 aliphatic rings. The van der Waals surface area contributed by atoms with Crippen LogP contribution in [-0.2, 0) is 20.7 Å². The van der Waals surface area contributed by atoms with Crippen molar-refractivity contribution in [3.05, 3.63) is 36.4 Å². The normalized spacial score (nSPS) is 11.4. The highest BCUT2D eigenvalue weighted by atomic mass is 16.5. The molecule has 1 aromatic rings. The fourth-order valence-electron chi connectivity index (χ4n) is 2.49. The van der Waals surface area contributed by atoms with Gasteiger partial charge >= 0.3 is 5.97 Å². The first-order chi connectivity index (χ1) is 12.0. The Hall–Kier alpha value is -2.50. The number of methoxy groups -OCH3 is 3. The van der Waals surface area contributed by atoms with E-state index in [9.17, 15) is 9.59 Å². The number of hydrogen-bond donors (Lipinski definition) is 0. The van der Waals surface area contributed by atoms with Crippen molar-refractivity contribution in [3.8, 4) is 11.5 Å². The van der Waals surface area contributed by atoms with Crippen LogP contribution in [0.5, 0.6) is 11.5 Å². The molecule has 1 rings (SSSR count). The minimum Gasteiger partial charge on any atom is -0.493 e. The molecule has 0 spiro atoms. The third-order valence-corrected chi connectivity index (χ3v) is 3.88. The summed E-state index contributed by atoms with van der Waals surface area (Å²) in [6.07, 6.45) is 2.55. The lowest BCUT2D eigenvalue weighted by atomic mass is 10.1. The Bertz CT molecular complexity index is 599. The number of benzene rings is 1. The Balaban J connectivity index is 2.71. The Morgan fingerprint density at radius 2 is 1.88 bits per heavy atom. The van der Waals surface area contributed by atoms with Gasteiger partial charge in [-0.2, -0.15) is 0 Å². The van der Waals surface area contributed by atoms with Gasteiger partial charge in [0.05, 0.1) is 27.2 Å². The van der Waals surface area contributed by atoms with Crippen molar-refractivity contribution in [2.45, 2.75) is 19.8 Å². The van der Waals surface area contributed by atoms with E-state index in [1.165, 1.54) is 7.11 Å². The van der Waals surface area contributed by atoms with Crippen molar-refractivity contribution in [2.24, 2.45) is 5.92 Å². The van der Waals surface area contributed by atoms with Crippen molar-refractivity contribution in [3.63, 3.8) is 0 Å². The monoisotopic (exact) mass is 349 g/mol. The van der Waals surface area contributed by atoms with Crippen LogP contribution in [0.4, 0.5) is 0 Å². The number of esters is 1. The van der Waals surface area contributed by atoms with E-state index in [2.05, 4.69) is 6.58 Å². The van der Waals surface area contributed by atoms with Crippen LogP contribution in [0.15, 0.2) is 30.9 Å². The molecule has 1 unspecified atom stereocenters. The topological polar surface area (TPSA) is 65.1 Å². The van der Waals surface area contributed by atoms with Crippen molar-refractivity contribution in [1.29, 1.82) is 0 Å². The van der Waals surface area contributed by atoms with Crippen LogP contribution in [0, 0.1) is 5.92 Å². The van der Waals surface area contributed by atoms with Crippen molar-refractivity contribution < 1.29 is 23.8 Å². The third kappa shape index (κ3) is 6.14. The van der Waals surface area contributed by atoms with Gasteiger partial charge in [0, 0.05) is 19.5 Å². The highest BCUT2D eigenvalue weighted by Crippen LogP contribution is 2.28. The molecule has 0 fully saturated rings. The van der Waals surface area contributed by atoms with E-state index in [4.69, 9.17) is 14.2 Å². The van der Waals surface area contributed by atoms with Gasteiger partial charge in [0.2, 0.25) is 5.91 Å². The van der Waals surface area contributed by atoms with E-state index in [1.807, 2.05) is 18.2 Å².